The third-order valence-electron chi connectivity index (χ3n) is 2.12. The molecule has 0 aliphatic rings. The molecule has 0 N–H and O–H groups in total. The first-order valence-corrected chi connectivity index (χ1v) is 4.99. The number of nitrogens with zero attached hydrogens (tertiary/aromatic N) is 2. The van der Waals surface area contributed by atoms with Crippen LogP contribution in [0.4, 0.5) is 0 Å². The van der Waals surface area contributed by atoms with E-state index < -0.39 is 17.2 Å². The van der Waals surface area contributed by atoms with Gasteiger partial charge in [-0.05, 0) is 26.8 Å². The lowest BCUT2D eigenvalue weighted by Gasteiger charge is -2.19. The molecule has 0 amide bonds. The normalized spacial score (nSPS) is 10.9. The van der Waals surface area contributed by atoms with Gasteiger partial charge in [-0.25, -0.2) is 9.97 Å². The number of aromatic nitrogens is 2. The van der Waals surface area contributed by atoms with Crippen molar-refractivity contribution in [2.24, 2.45) is 5.41 Å². The van der Waals surface area contributed by atoms with Crippen LogP contribution in [0.25, 0.3) is 0 Å². The predicted molar refractivity (Wildman–Crippen MR) is 56.8 cm³/mol. The highest BCUT2D eigenvalue weighted by molar-refractivity contribution is 6.09. The van der Waals surface area contributed by atoms with Gasteiger partial charge in [-0.2, -0.15) is 0 Å². The van der Waals surface area contributed by atoms with Crippen molar-refractivity contribution in [3.63, 3.8) is 0 Å². The minimum Gasteiger partial charge on any atom is -0.465 e. The minimum atomic E-state index is -1.25. The monoisotopic (exact) mass is 222 g/mol. The maximum absolute atomic E-state index is 12.0. The fourth-order valence-corrected chi connectivity index (χ4v) is 1.10. The molecule has 1 heterocycles. The predicted octanol–water partition coefficient (Wildman–Crippen LogP) is 1.25. The molecule has 16 heavy (non-hydrogen) atoms. The van der Waals surface area contributed by atoms with Crippen LogP contribution in [-0.2, 0) is 9.53 Å². The van der Waals surface area contributed by atoms with Crippen LogP contribution in [0.15, 0.2) is 18.5 Å². The molecule has 1 aromatic heterocycles. The summed E-state index contributed by atoms with van der Waals surface area (Å²) in [4.78, 5) is 31.2. The average molecular weight is 222 g/mol. The molecule has 0 radical (unpaired) electrons. The van der Waals surface area contributed by atoms with Crippen molar-refractivity contribution in [1.82, 2.24) is 9.97 Å². The van der Waals surface area contributed by atoms with E-state index in [-0.39, 0.29) is 12.4 Å². The van der Waals surface area contributed by atoms with Crippen molar-refractivity contribution in [3.8, 4) is 0 Å². The summed E-state index contributed by atoms with van der Waals surface area (Å²) in [5.41, 5.74) is -1.25. The van der Waals surface area contributed by atoms with Crippen LogP contribution < -0.4 is 0 Å². The van der Waals surface area contributed by atoms with Crippen LogP contribution in [0.2, 0.25) is 0 Å². The molecule has 0 spiro atoms. The van der Waals surface area contributed by atoms with Gasteiger partial charge in [0.15, 0.2) is 5.82 Å². The number of esters is 1. The zero-order valence-corrected chi connectivity index (χ0v) is 9.56. The standard InChI is InChI=1S/C11H14N2O3/c1-4-16-10(15)11(2,3)8(14)9-12-6-5-7-13-9/h5-7H,4H2,1-3H3. The fourth-order valence-electron chi connectivity index (χ4n) is 1.10. The van der Waals surface area contributed by atoms with Gasteiger partial charge in [-0.1, -0.05) is 0 Å². The summed E-state index contributed by atoms with van der Waals surface area (Å²) >= 11 is 0. The highest BCUT2D eigenvalue weighted by Gasteiger charge is 2.39. The summed E-state index contributed by atoms with van der Waals surface area (Å²) in [7, 11) is 0. The van der Waals surface area contributed by atoms with Crippen LogP contribution in [0.5, 0.6) is 0 Å². The largest absolute Gasteiger partial charge is 0.465 e. The number of carbonyl (C=O) groups is 2. The number of rotatable bonds is 4. The first kappa shape index (κ1) is 12.3. The maximum atomic E-state index is 12.0. The number of carbonyl (C=O) groups excluding carboxylic acids is 2. The Morgan fingerprint density at radius 1 is 1.31 bits per heavy atom. The zero-order valence-electron chi connectivity index (χ0n) is 9.56. The van der Waals surface area contributed by atoms with Gasteiger partial charge in [0.25, 0.3) is 0 Å². The Balaban J connectivity index is 2.92. The lowest BCUT2D eigenvalue weighted by Crippen LogP contribution is -2.36. The summed E-state index contributed by atoms with van der Waals surface area (Å²) in [5.74, 6) is -0.973. The molecule has 0 saturated heterocycles. The second-order valence-corrected chi connectivity index (χ2v) is 3.75. The molecule has 1 aromatic rings. The Morgan fingerprint density at radius 3 is 2.38 bits per heavy atom. The van der Waals surface area contributed by atoms with Gasteiger partial charge in [-0.3, -0.25) is 9.59 Å². The van der Waals surface area contributed by atoms with E-state index in [0.717, 1.165) is 0 Å². The molecule has 0 fully saturated rings. The Labute approximate surface area is 93.9 Å². The molecule has 0 aliphatic carbocycles. The lowest BCUT2D eigenvalue weighted by atomic mass is 9.87. The third-order valence-corrected chi connectivity index (χ3v) is 2.12. The van der Waals surface area contributed by atoms with E-state index in [1.54, 1.807) is 13.0 Å². The Kier molecular flexibility index (Phi) is 3.71. The summed E-state index contributed by atoms with van der Waals surface area (Å²) in [5, 5.41) is 0. The van der Waals surface area contributed by atoms with E-state index in [4.69, 9.17) is 4.74 Å². The van der Waals surface area contributed by atoms with Crippen LogP contribution in [0.3, 0.4) is 0 Å². The molecule has 0 unspecified atom stereocenters. The molecule has 0 atom stereocenters. The number of ether oxygens (including phenoxy) is 1. The average Bonchev–Trinajstić information content (AvgIpc) is 2.29. The summed E-state index contributed by atoms with van der Waals surface area (Å²) in [6, 6.07) is 1.61. The van der Waals surface area contributed by atoms with E-state index in [9.17, 15) is 9.59 Å². The zero-order chi connectivity index (χ0) is 12.2. The van der Waals surface area contributed by atoms with Crippen molar-refractivity contribution in [2.45, 2.75) is 20.8 Å². The van der Waals surface area contributed by atoms with Gasteiger partial charge in [0.2, 0.25) is 5.78 Å². The first-order valence-electron chi connectivity index (χ1n) is 4.99. The molecule has 0 aromatic carbocycles. The van der Waals surface area contributed by atoms with E-state index in [1.165, 1.54) is 26.2 Å². The van der Waals surface area contributed by atoms with Gasteiger partial charge in [0, 0.05) is 12.4 Å². The molecule has 0 aliphatic heterocycles. The molecule has 0 saturated carbocycles. The highest BCUT2D eigenvalue weighted by Crippen LogP contribution is 2.21. The van der Waals surface area contributed by atoms with E-state index >= 15 is 0 Å². The van der Waals surface area contributed by atoms with Crippen LogP contribution in [0, 0.1) is 5.41 Å². The number of hydrogen-bond donors (Lipinski definition) is 0. The van der Waals surface area contributed by atoms with E-state index in [2.05, 4.69) is 9.97 Å². The molecule has 5 heteroatoms. The van der Waals surface area contributed by atoms with Crippen molar-refractivity contribution in [2.75, 3.05) is 6.61 Å². The summed E-state index contributed by atoms with van der Waals surface area (Å²) < 4.78 is 4.83. The lowest BCUT2D eigenvalue weighted by molar-refractivity contribution is -0.150. The third kappa shape index (κ3) is 2.42. The smallest absolute Gasteiger partial charge is 0.319 e. The molecular formula is C11H14N2O3. The van der Waals surface area contributed by atoms with E-state index in [0.29, 0.717) is 0 Å². The van der Waals surface area contributed by atoms with Crippen molar-refractivity contribution >= 4 is 11.8 Å². The maximum Gasteiger partial charge on any atom is 0.319 e. The quantitative estimate of drug-likeness (QED) is 0.435. The van der Waals surface area contributed by atoms with Gasteiger partial charge >= 0.3 is 5.97 Å². The highest BCUT2D eigenvalue weighted by atomic mass is 16.5. The second-order valence-electron chi connectivity index (χ2n) is 3.75. The van der Waals surface area contributed by atoms with Crippen molar-refractivity contribution in [3.05, 3.63) is 24.3 Å². The van der Waals surface area contributed by atoms with Gasteiger partial charge < -0.3 is 4.74 Å². The molecule has 0 bridgehead atoms. The second kappa shape index (κ2) is 4.83. The molecule has 5 nitrogen and oxygen atoms in total. The van der Waals surface area contributed by atoms with E-state index in [1.807, 2.05) is 0 Å². The Hall–Kier alpha value is -1.78. The SMILES string of the molecule is CCOC(=O)C(C)(C)C(=O)c1ncccn1. The summed E-state index contributed by atoms with van der Waals surface area (Å²) in [6.07, 6.45) is 2.92. The molecule has 1 rings (SSSR count). The Bertz CT molecular complexity index is 387. The topological polar surface area (TPSA) is 69.2 Å². The Morgan fingerprint density at radius 2 is 1.88 bits per heavy atom. The number of ketones is 1. The summed E-state index contributed by atoms with van der Waals surface area (Å²) in [6.45, 7) is 4.94. The fraction of sp³-hybridized carbons (Fsp3) is 0.455. The molecular weight excluding hydrogens is 208 g/mol. The van der Waals surface area contributed by atoms with Crippen LogP contribution >= 0.6 is 0 Å². The van der Waals surface area contributed by atoms with Gasteiger partial charge in [0.1, 0.15) is 5.41 Å². The minimum absolute atomic E-state index is 0.0283. The molecule has 86 valence electrons. The number of hydrogen-bond acceptors (Lipinski definition) is 5. The van der Waals surface area contributed by atoms with Crippen LogP contribution in [-0.4, -0.2) is 28.3 Å². The van der Waals surface area contributed by atoms with Gasteiger partial charge in [-0.15, -0.1) is 0 Å². The van der Waals surface area contributed by atoms with Crippen molar-refractivity contribution in [1.29, 1.82) is 0 Å². The van der Waals surface area contributed by atoms with Gasteiger partial charge in [0.05, 0.1) is 6.61 Å². The number of Topliss-reactive ketones (excluding diaryl/α,β-unsaturated/α-hetero) is 1. The first-order chi connectivity index (χ1) is 7.50. The van der Waals surface area contributed by atoms with Crippen molar-refractivity contribution < 1.29 is 14.3 Å². The van der Waals surface area contributed by atoms with Crippen LogP contribution in [0.1, 0.15) is 31.4 Å².